The normalized spacial score (nSPS) is 29.5. The van der Waals surface area contributed by atoms with E-state index in [1.807, 2.05) is 32.0 Å². The monoisotopic (exact) mass is 305 g/mol. The number of rotatable bonds is 2. The molecule has 3 unspecified atom stereocenters. The van der Waals surface area contributed by atoms with E-state index in [0.29, 0.717) is 0 Å². The number of fused-ring (bicyclic) bond motifs is 1. The van der Waals surface area contributed by atoms with Gasteiger partial charge in [-0.15, -0.1) is 0 Å². The van der Waals surface area contributed by atoms with Crippen LogP contribution >= 0.6 is 0 Å². The molecule has 1 aromatic rings. The number of aliphatic hydroxyl groups excluding tert-OH is 2. The molecule has 0 radical (unpaired) electrons. The van der Waals surface area contributed by atoms with Gasteiger partial charge in [-0.1, -0.05) is 12.5 Å². The lowest BCUT2D eigenvalue weighted by Crippen LogP contribution is -2.54. The summed E-state index contributed by atoms with van der Waals surface area (Å²) in [6, 6.07) is 5.78. The van der Waals surface area contributed by atoms with E-state index in [0.717, 1.165) is 30.0 Å². The van der Waals surface area contributed by atoms with Crippen molar-refractivity contribution in [3.8, 4) is 5.75 Å². The van der Waals surface area contributed by atoms with Gasteiger partial charge in [-0.2, -0.15) is 0 Å². The van der Waals surface area contributed by atoms with Gasteiger partial charge >= 0.3 is 0 Å². The fourth-order valence-corrected chi connectivity index (χ4v) is 3.64. The zero-order chi connectivity index (χ0) is 15.9. The SMILES string of the molecule is CC(O)c1ccc2c(c1)C(N1CCCCC1)C(O)C(C)(C)O2. The van der Waals surface area contributed by atoms with Gasteiger partial charge in [-0.3, -0.25) is 4.90 Å². The summed E-state index contributed by atoms with van der Waals surface area (Å²) in [6.45, 7) is 7.67. The van der Waals surface area contributed by atoms with Crippen molar-refractivity contribution in [1.29, 1.82) is 0 Å². The van der Waals surface area contributed by atoms with Gasteiger partial charge in [-0.25, -0.2) is 0 Å². The molecule has 0 amide bonds. The van der Waals surface area contributed by atoms with Crippen LogP contribution in [0.25, 0.3) is 0 Å². The molecule has 4 nitrogen and oxygen atoms in total. The van der Waals surface area contributed by atoms with Crippen LogP contribution in [0.3, 0.4) is 0 Å². The van der Waals surface area contributed by atoms with Gasteiger partial charge in [0.25, 0.3) is 0 Å². The van der Waals surface area contributed by atoms with Gasteiger partial charge < -0.3 is 14.9 Å². The summed E-state index contributed by atoms with van der Waals surface area (Å²) in [5.41, 5.74) is 1.27. The third-order valence-corrected chi connectivity index (χ3v) is 5.00. The van der Waals surface area contributed by atoms with Gasteiger partial charge in [0.1, 0.15) is 17.5 Å². The molecule has 0 aromatic heterocycles. The Balaban J connectivity index is 2.04. The van der Waals surface area contributed by atoms with Crippen molar-refractivity contribution in [1.82, 2.24) is 4.90 Å². The second-order valence-corrected chi connectivity index (χ2v) is 7.17. The van der Waals surface area contributed by atoms with E-state index in [2.05, 4.69) is 4.90 Å². The predicted molar refractivity (Wildman–Crippen MR) is 86.0 cm³/mol. The van der Waals surface area contributed by atoms with Gasteiger partial charge in [0.2, 0.25) is 0 Å². The summed E-state index contributed by atoms with van der Waals surface area (Å²) in [5.74, 6) is 0.829. The number of aliphatic hydroxyl groups is 2. The van der Waals surface area contributed by atoms with Crippen LogP contribution in [-0.2, 0) is 0 Å². The first-order chi connectivity index (χ1) is 10.4. The Bertz CT molecular complexity index is 535. The molecule has 1 saturated heterocycles. The maximum Gasteiger partial charge on any atom is 0.131 e. The minimum atomic E-state index is -0.610. The lowest BCUT2D eigenvalue weighted by Gasteiger charge is -2.47. The molecular formula is C18H27NO3. The molecule has 0 bridgehead atoms. The van der Waals surface area contributed by atoms with Gasteiger partial charge in [0.15, 0.2) is 0 Å². The van der Waals surface area contributed by atoms with E-state index in [1.54, 1.807) is 6.92 Å². The van der Waals surface area contributed by atoms with Crippen LogP contribution in [-0.4, -0.2) is 39.9 Å². The first-order valence-corrected chi connectivity index (χ1v) is 8.33. The first kappa shape index (κ1) is 15.8. The number of ether oxygens (including phenoxy) is 1. The van der Waals surface area contributed by atoms with Crippen LogP contribution in [0.15, 0.2) is 18.2 Å². The van der Waals surface area contributed by atoms with Crippen molar-refractivity contribution >= 4 is 0 Å². The Morgan fingerprint density at radius 1 is 1.23 bits per heavy atom. The largest absolute Gasteiger partial charge is 0.485 e. The Kier molecular flexibility index (Phi) is 4.19. The molecule has 3 rings (SSSR count). The number of hydrogen-bond donors (Lipinski definition) is 2. The van der Waals surface area contributed by atoms with Crippen LogP contribution in [0.2, 0.25) is 0 Å². The van der Waals surface area contributed by atoms with Crippen LogP contribution in [0.1, 0.15) is 63.3 Å². The summed E-state index contributed by atoms with van der Waals surface area (Å²) < 4.78 is 6.03. The molecule has 2 aliphatic rings. The van der Waals surface area contributed by atoms with E-state index in [1.165, 1.54) is 19.3 Å². The highest BCUT2D eigenvalue weighted by Crippen LogP contribution is 2.44. The third kappa shape index (κ3) is 2.75. The Labute approximate surface area is 132 Å². The highest BCUT2D eigenvalue weighted by Gasteiger charge is 2.45. The van der Waals surface area contributed by atoms with Crippen LogP contribution in [0.5, 0.6) is 5.75 Å². The molecule has 1 fully saturated rings. The Morgan fingerprint density at radius 2 is 1.91 bits per heavy atom. The van der Waals surface area contributed by atoms with Crippen molar-refractivity contribution in [2.24, 2.45) is 0 Å². The first-order valence-electron chi connectivity index (χ1n) is 8.33. The average Bonchev–Trinajstić information content (AvgIpc) is 2.48. The van der Waals surface area contributed by atoms with Crippen molar-refractivity contribution in [3.63, 3.8) is 0 Å². The molecule has 2 heterocycles. The number of piperidine rings is 1. The number of nitrogens with zero attached hydrogens (tertiary/aromatic N) is 1. The molecule has 2 aliphatic heterocycles. The van der Waals surface area contributed by atoms with Crippen LogP contribution in [0, 0.1) is 0 Å². The molecule has 0 saturated carbocycles. The fourth-order valence-electron chi connectivity index (χ4n) is 3.64. The number of benzene rings is 1. The molecule has 1 aromatic carbocycles. The minimum Gasteiger partial charge on any atom is -0.485 e. The highest BCUT2D eigenvalue weighted by molar-refractivity contribution is 5.43. The lowest BCUT2D eigenvalue weighted by atomic mass is 9.84. The molecule has 122 valence electrons. The minimum absolute atomic E-state index is 0.0576. The zero-order valence-corrected chi connectivity index (χ0v) is 13.7. The van der Waals surface area contributed by atoms with Gasteiger partial charge in [0.05, 0.1) is 12.1 Å². The quantitative estimate of drug-likeness (QED) is 0.882. The summed E-state index contributed by atoms with van der Waals surface area (Å²) in [5, 5.41) is 20.8. The molecule has 4 heteroatoms. The zero-order valence-electron chi connectivity index (χ0n) is 13.7. The molecule has 0 aliphatic carbocycles. The Hall–Kier alpha value is -1.10. The molecule has 2 N–H and O–H groups in total. The molecule has 3 atom stereocenters. The smallest absolute Gasteiger partial charge is 0.131 e. The van der Waals surface area contributed by atoms with Crippen LogP contribution < -0.4 is 4.74 Å². The topological polar surface area (TPSA) is 52.9 Å². The summed E-state index contributed by atoms with van der Waals surface area (Å²) in [6.07, 6.45) is 2.52. The number of hydrogen-bond acceptors (Lipinski definition) is 4. The van der Waals surface area contributed by atoms with Crippen LogP contribution in [0.4, 0.5) is 0 Å². The summed E-state index contributed by atoms with van der Waals surface area (Å²) in [7, 11) is 0. The predicted octanol–water partition coefficient (Wildman–Crippen LogP) is 2.80. The van der Waals surface area contributed by atoms with Crippen molar-refractivity contribution in [3.05, 3.63) is 29.3 Å². The van der Waals surface area contributed by atoms with Gasteiger partial charge in [0, 0.05) is 5.56 Å². The Morgan fingerprint density at radius 3 is 2.55 bits per heavy atom. The summed E-state index contributed by atoms with van der Waals surface area (Å²) in [4.78, 5) is 2.38. The van der Waals surface area contributed by atoms with Gasteiger partial charge in [-0.05, 0) is 64.4 Å². The van der Waals surface area contributed by atoms with E-state index in [-0.39, 0.29) is 6.04 Å². The van der Waals surface area contributed by atoms with E-state index in [4.69, 9.17) is 4.74 Å². The fraction of sp³-hybridized carbons (Fsp3) is 0.667. The maximum absolute atomic E-state index is 10.9. The molecule has 22 heavy (non-hydrogen) atoms. The second-order valence-electron chi connectivity index (χ2n) is 7.17. The van der Waals surface area contributed by atoms with Crippen molar-refractivity contribution in [2.75, 3.05) is 13.1 Å². The van der Waals surface area contributed by atoms with E-state index >= 15 is 0 Å². The van der Waals surface area contributed by atoms with E-state index < -0.39 is 17.8 Å². The van der Waals surface area contributed by atoms with E-state index in [9.17, 15) is 10.2 Å². The standard InChI is InChI=1S/C18H27NO3/c1-12(20)13-7-8-15-14(11-13)16(17(21)18(2,3)22-15)19-9-5-4-6-10-19/h7-8,11-12,16-17,20-21H,4-6,9-10H2,1-3H3. The van der Waals surface area contributed by atoms with Crippen molar-refractivity contribution < 1.29 is 14.9 Å². The lowest BCUT2D eigenvalue weighted by molar-refractivity contribution is -0.0962. The maximum atomic E-state index is 10.9. The second kappa shape index (κ2) is 5.84. The average molecular weight is 305 g/mol. The highest BCUT2D eigenvalue weighted by atomic mass is 16.5. The third-order valence-electron chi connectivity index (χ3n) is 5.00. The molecular weight excluding hydrogens is 278 g/mol. The molecule has 0 spiro atoms. The summed E-state index contributed by atoms with van der Waals surface area (Å²) >= 11 is 0. The van der Waals surface area contributed by atoms with Crippen molar-refractivity contribution in [2.45, 2.75) is 63.9 Å². The number of likely N-dealkylation sites (tertiary alicyclic amines) is 1.